The van der Waals surface area contributed by atoms with E-state index in [1.54, 1.807) is 0 Å². The number of halogens is 1. The van der Waals surface area contributed by atoms with E-state index in [0.29, 0.717) is 10.9 Å². The van der Waals surface area contributed by atoms with Crippen molar-refractivity contribution in [2.75, 3.05) is 5.73 Å². The molecule has 0 aliphatic carbocycles. The molecular weight excluding hydrogens is 308 g/mol. The number of pyridine rings is 2. The predicted octanol–water partition coefficient (Wildman–Crippen LogP) is 2.29. The van der Waals surface area contributed by atoms with Crippen LogP contribution in [0.4, 0.5) is 5.82 Å². The highest BCUT2D eigenvalue weighted by Crippen LogP contribution is 2.24. The third kappa shape index (κ3) is 1.67. The normalized spacial score (nSPS) is 10.7. The van der Waals surface area contributed by atoms with E-state index in [2.05, 4.69) is 25.9 Å². The number of hydrogen-bond acceptors (Lipinski definition) is 4. The second kappa shape index (κ2) is 4.07. The number of H-pyrrole nitrogens is 1. The van der Waals surface area contributed by atoms with Gasteiger partial charge in [-0.3, -0.25) is 9.78 Å². The Kier molecular flexibility index (Phi) is 2.50. The number of fused-ring (bicyclic) bond motifs is 3. The summed E-state index contributed by atoms with van der Waals surface area (Å²) >= 11 is 3.38. The highest BCUT2D eigenvalue weighted by atomic mass is 79.9. The fourth-order valence-corrected chi connectivity index (χ4v) is 2.40. The van der Waals surface area contributed by atoms with Gasteiger partial charge in [0.2, 0.25) is 5.43 Å². The number of nitrogen functional groups attached to an aromatic ring is 1. The minimum atomic E-state index is -0.400. The Hall–Kier alpha value is -2.39. The summed E-state index contributed by atoms with van der Waals surface area (Å²) in [6.07, 6.45) is 1.46. The van der Waals surface area contributed by atoms with Crippen LogP contribution >= 0.6 is 15.9 Å². The first-order chi connectivity index (χ1) is 9.11. The Morgan fingerprint density at radius 2 is 2.16 bits per heavy atom. The summed E-state index contributed by atoms with van der Waals surface area (Å²) in [6, 6.07) is 7.37. The lowest BCUT2D eigenvalue weighted by Crippen LogP contribution is -2.12. The lowest BCUT2D eigenvalue weighted by molar-refractivity contribution is 1.34. The molecule has 2 heterocycles. The number of nitrogens with zero attached hydrogens (tertiary/aromatic N) is 2. The smallest absolute Gasteiger partial charge is 0.210 e. The van der Waals surface area contributed by atoms with Crippen LogP contribution in [0.1, 0.15) is 5.56 Å². The van der Waals surface area contributed by atoms with Crippen molar-refractivity contribution in [1.29, 1.82) is 5.26 Å². The van der Waals surface area contributed by atoms with Crippen LogP contribution in [0.3, 0.4) is 0 Å². The van der Waals surface area contributed by atoms with E-state index in [1.165, 1.54) is 6.20 Å². The minimum Gasteiger partial charge on any atom is -0.384 e. The first-order valence-corrected chi connectivity index (χ1v) is 6.21. The molecule has 0 saturated carbocycles. The van der Waals surface area contributed by atoms with Crippen LogP contribution in [0.5, 0.6) is 0 Å². The summed E-state index contributed by atoms with van der Waals surface area (Å²) in [5, 5.41) is 10.1. The summed E-state index contributed by atoms with van der Waals surface area (Å²) in [5.41, 5.74) is 6.57. The summed E-state index contributed by atoms with van der Waals surface area (Å²) in [5.74, 6) is 0.0764. The molecule has 0 fully saturated rings. The molecule has 0 aliphatic rings. The van der Waals surface area contributed by atoms with Gasteiger partial charge in [0.25, 0.3) is 0 Å². The molecule has 92 valence electrons. The second-order valence-electron chi connectivity index (χ2n) is 4.06. The third-order valence-corrected chi connectivity index (χ3v) is 3.44. The van der Waals surface area contributed by atoms with Crippen molar-refractivity contribution in [3.63, 3.8) is 0 Å². The Morgan fingerprint density at radius 1 is 1.37 bits per heavy atom. The standard InChI is InChI=1S/C13H7BrN4O/c14-6-1-2-10-7(3-6)11-9(5-17-10)12(19)8(4-15)13(16)18-11/h1-3,5H,(H3,16,18,19). The van der Waals surface area contributed by atoms with Crippen molar-refractivity contribution in [3.05, 3.63) is 44.7 Å². The zero-order valence-corrected chi connectivity index (χ0v) is 11.2. The monoisotopic (exact) mass is 314 g/mol. The highest BCUT2D eigenvalue weighted by Gasteiger charge is 2.12. The third-order valence-electron chi connectivity index (χ3n) is 2.94. The molecular formula is C13H7BrN4O. The molecule has 2 aromatic heterocycles. The molecule has 0 saturated heterocycles. The summed E-state index contributed by atoms with van der Waals surface area (Å²) in [4.78, 5) is 19.3. The molecule has 19 heavy (non-hydrogen) atoms. The molecule has 3 rings (SSSR count). The topological polar surface area (TPSA) is 95.6 Å². The minimum absolute atomic E-state index is 0.0764. The van der Waals surface area contributed by atoms with Crippen LogP contribution in [0.25, 0.3) is 21.8 Å². The van der Waals surface area contributed by atoms with Gasteiger partial charge in [-0.15, -0.1) is 0 Å². The molecule has 0 amide bonds. The number of nitrogens with two attached hydrogens (primary N) is 1. The molecule has 0 unspecified atom stereocenters. The van der Waals surface area contributed by atoms with Gasteiger partial charge >= 0.3 is 0 Å². The Bertz CT molecular complexity index is 924. The second-order valence-corrected chi connectivity index (χ2v) is 4.98. The molecule has 6 heteroatoms. The van der Waals surface area contributed by atoms with Crippen molar-refractivity contribution in [1.82, 2.24) is 9.97 Å². The van der Waals surface area contributed by atoms with Gasteiger partial charge in [0.1, 0.15) is 17.5 Å². The number of benzene rings is 1. The van der Waals surface area contributed by atoms with Crippen LogP contribution < -0.4 is 11.2 Å². The first-order valence-electron chi connectivity index (χ1n) is 5.41. The fraction of sp³-hybridized carbons (Fsp3) is 0. The highest BCUT2D eigenvalue weighted by molar-refractivity contribution is 9.10. The number of rotatable bonds is 0. The zero-order chi connectivity index (χ0) is 13.6. The van der Waals surface area contributed by atoms with E-state index in [0.717, 1.165) is 15.4 Å². The van der Waals surface area contributed by atoms with Gasteiger partial charge in [-0.25, -0.2) is 0 Å². The first kappa shape index (κ1) is 11.7. The predicted molar refractivity (Wildman–Crippen MR) is 76.7 cm³/mol. The van der Waals surface area contributed by atoms with Gasteiger partial charge in [0.05, 0.1) is 16.4 Å². The van der Waals surface area contributed by atoms with E-state index >= 15 is 0 Å². The van der Waals surface area contributed by atoms with Crippen LogP contribution in [-0.2, 0) is 0 Å². The van der Waals surface area contributed by atoms with Crippen molar-refractivity contribution >= 4 is 43.6 Å². The van der Waals surface area contributed by atoms with Crippen LogP contribution in [0.15, 0.2) is 33.7 Å². The van der Waals surface area contributed by atoms with E-state index in [-0.39, 0.29) is 11.4 Å². The van der Waals surface area contributed by atoms with Gasteiger partial charge in [0.15, 0.2) is 0 Å². The average molecular weight is 315 g/mol. The van der Waals surface area contributed by atoms with Crippen LogP contribution in [0.2, 0.25) is 0 Å². The van der Waals surface area contributed by atoms with Gasteiger partial charge in [-0.1, -0.05) is 15.9 Å². The maximum Gasteiger partial charge on any atom is 0.210 e. The molecule has 0 aliphatic heterocycles. The van der Waals surface area contributed by atoms with Crippen molar-refractivity contribution in [2.24, 2.45) is 0 Å². The lowest BCUT2D eigenvalue weighted by Gasteiger charge is -2.06. The summed E-state index contributed by atoms with van der Waals surface area (Å²) in [7, 11) is 0. The van der Waals surface area contributed by atoms with E-state index < -0.39 is 5.43 Å². The van der Waals surface area contributed by atoms with Crippen LogP contribution in [0, 0.1) is 11.3 Å². The Morgan fingerprint density at radius 3 is 2.89 bits per heavy atom. The summed E-state index contributed by atoms with van der Waals surface area (Å²) in [6.45, 7) is 0. The molecule has 3 N–H and O–H groups in total. The molecule has 0 spiro atoms. The fourth-order valence-electron chi connectivity index (χ4n) is 2.04. The SMILES string of the molecule is N#Cc1c(N)[nH]c2c(cnc3ccc(Br)cc32)c1=O. The number of nitrogens with one attached hydrogen (secondary N) is 1. The quantitative estimate of drug-likeness (QED) is 0.622. The number of nitriles is 1. The Balaban J connectivity index is 2.61. The zero-order valence-electron chi connectivity index (χ0n) is 9.57. The average Bonchev–Trinajstić information content (AvgIpc) is 2.39. The van der Waals surface area contributed by atoms with Crippen molar-refractivity contribution < 1.29 is 0 Å². The van der Waals surface area contributed by atoms with Gasteiger partial charge in [0, 0.05) is 16.1 Å². The number of aromatic nitrogens is 2. The largest absolute Gasteiger partial charge is 0.384 e. The van der Waals surface area contributed by atoms with Gasteiger partial charge in [-0.05, 0) is 18.2 Å². The molecule has 1 aromatic carbocycles. The number of anilines is 1. The number of hydrogen-bond donors (Lipinski definition) is 2. The van der Waals surface area contributed by atoms with E-state index in [1.807, 2.05) is 24.3 Å². The van der Waals surface area contributed by atoms with E-state index in [9.17, 15) is 4.79 Å². The summed E-state index contributed by atoms with van der Waals surface area (Å²) < 4.78 is 0.873. The lowest BCUT2D eigenvalue weighted by atomic mass is 10.1. The van der Waals surface area contributed by atoms with Crippen molar-refractivity contribution in [3.8, 4) is 6.07 Å². The van der Waals surface area contributed by atoms with Crippen molar-refractivity contribution in [2.45, 2.75) is 0 Å². The number of aromatic amines is 1. The molecule has 3 aromatic rings. The van der Waals surface area contributed by atoms with Gasteiger partial charge in [-0.2, -0.15) is 5.26 Å². The van der Waals surface area contributed by atoms with Crippen LogP contribution in [-0.4, -0.2) is 9.97 Å². The molecule has 0 atom stereocenters. The van der Waals surface area contributed by atoms with Gasteiger partial charge < -0.3 is 10.7 Å². The molecule has 0 bridgehead atoms. The molecule has 0 radical (unpaired) electrons. The molecule has 5 nitrogen and oxygen atoms in total. The maximum atomic E-state index is 12.1. The van der Waals surface area contributed by atoms with E-state index in [4.69, 9.17) is 11.0 Å². The maximum absolute atomic E-state index is 12.1. The Labute approximate surface area is 115 Å².